The minimum atomic E-state index is -3.13. The number of nitrogens with one attached hydrogen (secondary N) is 1. The van der Waals surface area contributed by atoms with E-state index >= 15 is 0 Å². The number of carboxylic acid groups (broad SMARTS) is 1. The SMILES string of the molecule is O=C(O)/C=C1/c2ccccc2NCCC1(F)F. The second-order valence-electron chi connectivity index (χ2n) is 3.82. The van der Waals surface area contributed by atoms with Crippen LogP contribution in [-0.2, 0) is 4.79 Å². The molecular weight excluding hydrogens is 228 g/mol. The van der Waals surface area contributed by atoms with E-state index in [4.69, 9.17) is 5.11 Å². The van der Waals surface area contributed by atoms with E-state index in [0.29, 0.717) is 11.8 Å². The number of carbonyl (C=O) groups is 1. The van der Waals surface area contributed by atoms with E-state index in [0.717, 1.165) is 0 Å². The Labute approximate surface area is 96.8 Å². The number of rotatable bonds is 1. The van der Waals surface area contributed by atoms with Crippen LogP contribution in [0.5, 0.6) is 0 Å². The number of halogens is 2. The van der Waals surface area contributed by atoms with Crippen LogP contribution in [0.15, 0.2) is 30.3 Å². The van der Waals surface area contributed by atoms with Crippen LogP contribution in [0, 0.1) is 0 Å². The van der Waals surface area contributed by atoms with Crippen molar-refractivity contribution in [2.45, 2.75) is 12.3 Å². The van der Waals surface area contributed by atoms with Crippen LogP contribution < -0.4 is 5.32 Å². The quantitative estimate of drug-likeness (QED) is 0.740. The van der Waals surface area contributed by atoms with Gasteiger partial charge in [-0.05, 0) is 6.07 Å². The Morgan fingerprint density at radius 3 is 2.82 bits per heavy atom. The van der Waals surface area contributed by atoms with Crippen molar-refractivity contribution in [1.29, 1.82) is 0 Å². The second-order valence-corrected chi connectivity index (χ2v) is 3.82. The molecule has 0 aliphatic carbocycles. The maximum Gasteiger partial charge on any atom is 0.328 e. The summed E-state index contributed by atoms with van der Waals surface area (Å²) in [5, 5.41) is 11.6. The summed E-state index contributed by atoms with van der Waals surface area (Å²) in [5.41, 5.74) is 0.347. The molecule has 0 radical (unpaired) electrons. The van der Waals surface area contributed by atoms with Gasteiger partial charge in [0.1, 0.15) is 0 Å². The summed E-state index contributed by atoms with van der Waals surface area (Å²) >= 11 is 0. The number of hydrogen-bond acceptors (Lipinski definition) is 2. The van der Waals surface area contributed by atoms with E-state index in [9.17, 15) is 13.6 Å². The largest absolute Gasteiger partial charge is 0.478 e. The first-order chi connectivity index (χ1) is 8.00. The van der Waals surface area contributed by atoms with Crippen LogP contribution in [0.4, 0.5) is 14.5 Å². The summed E-state index contributed by atoms with van der Waals surface area (Å²) in [6.07, 6.45) is 0.173. The van der Waals surface area contributed by atoms with E-state index in [2.05, 4.69) is 5.32 Å². The molecule has 0 spiro atoms. The van der Waals surface area contributed by atoms with Crippen molar-refractivity contribution in [3.8, 4) is 0 Å². The zero-order valence-corrected chi connectivity index (χ0v) is 8.91. The summed E-state index contributed by atoms with van der Waals surface area (Å²) in [4.78, 5) is 10.6. The van der Waals surface area contributed by atoms with Gasteiger partial charge in [0.2, 0.25) is 0 Å². The van der Waals surface area contributed by atoms with Gasteiger partial charge in [-0.1, -0.05) is 18.2 Å². The molecule has 5 heteroatoms. The van der Waals surface area contributed by atoms with Crippen LogP contribution in [0.2, 0.25) is 0 Å². The summed E-state index contributed by atoms with van der Waals surface area (Å²) in [7, 11) is 0. The van der Waals surface area contributed by atoms with Crippen LogP contribution >= 0.6 is 0 Å². The van der Waals surface area contributed by atoms with E-state index in [-0.39, 0.29) is 12.1 Å². The van der Waals surface area contributed by atoms with Gasteiger partial charge in [-0.2, -0.15) is 0 Å². The first-order valence-corrected chi connectivity index (χ1v) is 5.17. The second kappa shape index (κ2) is 4.16. The maximum atomic E-state index is 13.8. The fraction of sp³-hybridized carbons (Fsp3) is 0.250. The molecule has 17 heavy (non-hydrogen) atoms. The molecule has 0 aromatic heterocycles. The lowest BCUT2D eigenvalue weighted by Crippen LogP contribution is -2.20. The number of hydrogen-bond donors (Lipinski definition) is 2. The molecule has 0 bridgehead atoms. The van der Waals surface area contributed by atoms with E-state index < -0.39 is 23.9 Å². The number of fused-ring (bicyclic) bond motifs is 1. The van der Waals surface area contributed by atoms with Gasteiger partial charge in [0.15, 0.2) is 0 Å². The first-order valence-electron chi connectivity index (χ1n) is 5.17. The third-order valence-corrected chi connectivity index (χ3v) is 2.63. The summed E-state index contributed by atoms with van der Waals surface area (Å²) < 4.78 is 27.6. The van der Waals surface area contributed by atoms with Gasteiger partial charge in [0, 0.05) is 35.9 Å². The lowest BCUT2D eigenvalue weighted by atomic mass is 9.97. The van der Waals surface area contributed by atoms with Crippen LogP contribution in [0.1, 0.15) is 12.0 Å². The highest BCUT2D eigenvalue weighted by atomic mass is 19.3. The van der Waals surface area contributed by atoms with E-state index in [1.165, 1.54) is 6.07 Å². The lowest BCUT2D eigenvalue weighted by molar-refractivity contribution is -0.131. The summed E-state index contributed by atoms with van der Waals surface area (Å²) in [6, 6.07) is 6.48. The van der Waals surface area contributed by atoms with Crippen molar-refractivity contribution in [2.24, 2.45) is 0 Å². The highest BCUT2D eigenvalue weighted by molar-refractivity contribution is 5.94. The molecule has 0 saturated carbocycles. The van der Waals surface area contributed by atoms with Crippen molar-refractivity contribution in [3.63, 3.8) is 0 Å². The van der Waals surface area contributed by atoms with Gasteiger partial charge in [0.25, 0.3) is 5.92 Å². The standard InChI is InChI=1S/C12H11F2NO2/c13-12(14)5-6-15-10-4-2-1-3-8(10)9(12)7-11(16)17/h1-4,7,15H,5-6H2,(H,16,17)/b9-7-. The normalized spacial score (nSPS) is 20.2. The Bertz CT molecular complexity index is 483. The third-order valence-electron chi connectivity index (χ3n) is 2.63. The van der Waals surface area contributed by atoms with Gasteiger partial charge >= 0.3 is 5.97 Å². The molecule has 1 aromatic carbocycles. The lowest BCUT2D eigenvalue weighted by Gasteiger charge is -2.17. The van der Waals surface area contributed by atoms with Gasteiger partial charge in [-0.25, -0.2) is 13.6 Å². The van der Waals surface area contributed by atoms with Crippen LogP contribution in [-0.4, -0.2) is 23.5 Å². The predicted molar refractivity (Wildman–Crippen MR) is 60.1 cm³/mol. The molecule has 0 unspecified atom stereocenters. The molecule has 1 heterocycles. The Morgan fingerprint density at radius 1 is 1.41 bits per heavy atom. The van der Waals surface area contributed by atoms with Gasteiger partial charge in [-0.3, -0.25) is 0 Å². The number of anilines is 1. The molecule has 90 valence electrons. The molecule has 0 fully saturated rings. The van der Waals surface area contributed by atoms with Gasteiger partial charge in [-0.15, -0.1) is 0 Å². The van der Waals surface area contributed by atoms with E-state index in [1.807, 2.05) is 0 Å². The Kier molecular flexibility index (Phi) is 2.83. The topological polar surface area (TPSA) is 49.3 Å². The molecule has 3 nitrogen and oxygen atoms in total. The Morgan fingerprint density at radius 2 is 2.12 bits per heavy atom. The molecular formula is C12H11F2NO2. The smallest absolute Gasteiger partial charge is 0.328 e. The first kappa shape index (κ1) is 11.6. The fourth-order valence-electron chi connectivity index (χ4n) is 1.86. The van der Waals surface area contributed by atoms with Gasteiger partial charge in [0.05, 0.1) is 0 Å². The number of para-hydroxylation sites is 1. The van der Waals surface area contributed by atoms with Crippen molar-refractivity contribution >= 4 is 17.2 Å². The molecule has 0 atom stereocenters. The maximum absolute atomic E-state index is 13.8. The molecule has 0 saturated heterocycles. The minimum absolute atomic E-state index is 0.112. The number of allylic oxidation sites excluding steroid dienone is 1. The minimum Gasteiger partial charge on any atom is -0.478 e. The summed E-state index contributed by atoms with van der Waals surface area (Å²) in [6.45, 7) is 0.112. The Hall–Kier alpha value is -1.91. The molecule has 1 aromatic rings. The van der Waals surface area contributed by atoms with Crippen molar-refractivity contribution in [3.05, 3.63) is 35.9 Å². The van der Waals surface area contributed by atoms with Crippen LogP contribution in [0.3, 0.4) is 0 Å². The molecule has 1 aliphatic rings. The fourth-order valence-corrected chi connectivity index (χ4v) is 1.86. The molecule has 2 N–H and O–H groups in total. The number of carboxylic acids is 1. The van der Waals surface area contributed by atoms with Crippen molar-refractivity contribution < 1.29 is 18.7 Å². The van der Waals surface area contributed by atoms with Crippen molar-refractivity contribution in [2.75, 3.05) is 11.9 Å². The number of alkyl halides is 2. The zero-order chi connectivity index (χ0) is 12.5. The van der Waals surface area contributed by atoms with Gasteiger partial charge < -0.3 is 10.4 Å². The highest BCUT2D eigenvalue weighted by Gasteiger charge is 2.38. The Balaban J connectivity index is 2.60. The third kappa shape index (κ3) is 2.27. The zero-order valence-electron chi connectivity index (χ0n) is 8.91. The highest BCUT2D eigenvalue weighted by Crippen LogP contribution is 2.40. The summed E-state index contributed by atoms with van der Waals surface area (Å²) in [5.74, 6) is -4.49. The molecule has 0 amide bonds. The average molecular weight is 239 g/mol. The monoisotopic (exact) mass is 239 g/mol. The molecule has 2 rings (SSSR count). The predicted octanol–water partition coefficient (Wildman–Crippen LogP) is 2.61. The molecule has 1 aliphatic heterocycles. The van der Waals surface area contributed by atoms with Crippen molar-refractivity contribution in [1.82, 2.24) is 0 Å². The number of benzene rings is 1. The average Bonchev–Trinajstić information content (AvgIpc) is 2.37. The van der Waals surface area contributed by atoms with E-state index in [1.54, 1.807) is 18.2 Å². The van der Waals surface area contributed by atoms with Crippen LogP contribution in [0.25, 0.3) is 5.57 Å². The number of aliphatic carboxylic acids is 1.